The van der Waals surface area contributed by atoms with E-state index in [4.69, 9.17) is 67.6 Å². The van der Waals surface area contributed by atoms with Gasteiger partial charge in [-0.1, -0.05) is 62.9 Å². The van der Waals surface area contributed by atoms with Gasteiger partial charge in [0, 0.05) is 114 Å². The highest BCUT2D eigenvalue weighted by atomic mass is 32.2. The molecular weight excluding hydrogens is 1560 g/mol. The fourth-order valence-corrected chi connectivity index (χ4v) is 14.4. The van der Waals surface area contributed by atoms with E-state index < -0.39 is 97.5 Å². The van der Waals surface area contributed by atoms with Crippen molar-refractivity contribution in [2.24, 2.45) is 17.6 Å². The largest absolute Gasteiger partial charge is 0.510 e. The van der Waals surface area contributed by atoms with E-state index in [1.807, 2.05) is 42.4 Å². The molecule has 0 saturated carbocycles. The minimum atomic E-state index is -3.47. The SMILES string of the molecule is C=S(C)(=O)N(CCc1c2c(nc3ccccc13)-c1cc3c(c(=O)n1C2)COC(=O)[C@@]3(CC)OC(=O)OCc1ccc(NC(=O)[C@H](CCCNC(N)=O)NC(=O)[C@@H](CC(=O)COCC(=O)NCCOCCOCCOCCOCCOCCOCCOCCOCCNC(=O)CCCC#Cc2cnc(S(C)(=O)=O)nc2)C(C)C)cc1)C(C)C. The molecule has 35 nitrogen and oxygen atoms in total. The van der Waals surface area contributed by atoms with Gasteiger partial charge in [0.2, 0.25) is 44.2 Å². The number of ketones is 1. The molecule has 6 amide bonds. The molecule has 4 atom stereocenters. The van der Waals surface area contributed by atoms with Gasteiger partial charge in [0.15, 0.2) is 5.78 Å². The van der Waals surface area contributed by atoms with Crippen molar-refractivity contribution < 1.29 is 108 Å². The second-order valence-electron chi connectivity index (χ2n) is 28.1. The molecule has 0 aliphatic carbocycles. The number of Topliss-reactive ketones (excluding diaryl/α,β-unsaturated/α-hetero) is 1. The van der Waals surface area contributed by atoms with E-state index in [1.54, 1.807) is 49.8 Å². The fourth-order valence-electron chi connectivity index (χ4n) is 12.5. The molecule has 2 aliphatic rings. The summed E-state index contributed by atoms with van der Waals surface area (Å²) in [7, 11) is -6.03. The van der Waals surface area contributed by atoms with Crippen LogP contribution in [-0.2, 0) is 137 Å². The molecule has 0 fully saturated rings. The number of pyridine rings is 2. The number of urea groups is 1. The minimum Gasteiger partial charge on any atom is -0.457 e. The van der Waals surface area contributed by atoms with Crippen molar-refractivity contribution in [3.05, 3.63) is 111 Å². The molecule has 7 N–H and O–H groups in total. The Hall–Kier alpha value is -9.43. The molecule has 2 aromatic carbocycles. The van der Waals surface area contributed by atoms with E-state index >= 15 is 0 Å². The van der Waals surface area contributed by atoms with Crippen molar-refractivity contribution in [2.75, 3.05) is 163 Å². The summed E-state index contributed by atoms with van der Waals surface area (Å²) in [5.41, 5.74) is 7.62. The summed E-state index contributed by atoms with van der Waals surface area (Å²) in [6, 6.07) is 13.5. The number of amides is 6. The average molecular weight is 1670 g/mol. The highest BCUT2D eigenvalue weighted by molar-refractivity contribution is 7.97. The maximum atomic E-state index is 14.5. The Kier molecular flexibility index (Phi) is 39.7. The van der Waals surface area contributed by atoms with Crippen molar-refractivity contribution in [1.29, 1.82) is 0 Å². The van der Waals surface area contributed by atoms with Gasteiger partial charge in [0.25, 0.3) is 5.56 Å². The van der Waals surface area contributed by atoms with Crippen LogP contribution in [0.2, 0.25) is 0 Å². The third-order valence-electron chi connectivity index (χ3n) is 18.5. The first-order chi connectivity index (χ1) is 56.1. The van der Waals surface area contributed by atoms with Crippen LogP contribution in [0.3, 0.4) is 0 Å². The van der Waals surface area contributed by atoms with Crippen molar-refractivity contribution in [2.45, 2.75) is 129 Å². The molecule has 3 aromatic heterocycles. The molecule has 0 saturated heterocycles. The normalized spacial score (nSPS) is 14.6. The second-order valence-corrected chi connectivity index (χ2v) is 32.4. The molecule has 2 aliphatic heterocycles. The van der Waals surface area contributed by atoms with Gasteiger partial charge in [-0.05, 0) is 93.1 Å². The summed E-state index contributed by atoms with van der Waals surface area (Å²) in [6.07, 6.45) is 5.84. The summed E-state index contributed by atoms with van der Waals surface area (Å²) in [5.74, 6) is 5.28. The van der Waals surface area contributed by atoms with Gasteiger partial charge in [0.05, 0.1) is 140 Å². The molecule has 117 heavy (non-hydrogen) atoms. The number of nitrogens with two attached hydrogens (primary N) is 1. The highest BCUT2D eigenvalue weighted by Crippen LogP contribution is 2.42. The predicted octanol–water partition coefficient (Wildman–Crippen LogP) is 3.86. The molecule has 0 spiro atoms. The highest BCUT2D eigenvalue weighted by Gasteiger charge is 2.51. The number of sulfone groups is 1. The first-order valence-electron chi connectivity index (χ1n) is 38.9. The Labute approximate surface area is 682 Å². The Morgan fingerprint density at radius 3 is 1.85 bits per heavy atom. The lowest BCUT2D eigenvalue weighted by Gasteiger charge is -2.35. The summed E-state index contributed by atoms with van der Waals surface area (Å²) in [4.78, 5) is 132. The van der Waals surface area contributed by atoms with Crippen LogP contribution >= 0.6 is 0 Å². The van der Waals surface area contributed by atoms with Crippen LogP contribution in [0.25, 0.3) is 22.3 Å². The van der Waals surface area contributed by atoms with Gasteiger partial charge in [-0.2, -0.15) is 0 Å². The van der Waals surface area contributed by atoms with E-state index in [2.05, 4.69) is 54.3 Å². The molecule has 5 heterocycles. The van der Waals surface area contributed by atoms with Crippen LogP contribution in [0, 0.1) is 23.7 Å². The van der Waals surface area contributed by atoms with Gasteiger partial charge in [0.1, 0.15) is 32.5 Å². The van der Waals surface area contributed by atoms with Crippen LogP contribution in [0.1, 0.15) is 113 Å². The van der Waals surface area contributed by atoms with Gasteiger partial charge < -0.3 is 93.7 Å². The monoisotopic (exact) mass is 1670 g/mol. The molecular formula is C80H111N11O24S2. The van der Waals surface area contributed by atoms with E-state index in [1.165, 1.54) is 24.5 Å². The van der Waals surface area contributed by atoms with E-state index in [9.17, 15) is 55.8 Å². The van der Waals surface area contributed by atoms with Gasteiger partial charge >= 0.3 is 18.2 Å². The van der Waals surface area contributed by atoms with Gasteiger partial charge in [-0.15, -0.1) is 0 Å². The number of fused-ring (bicyclic) bond motifs is 5. The third kappa shape index (κ3) is 31.4. The summed E-state index contributed by atoms with van der Waals surface area (Å²) in [5, 5.41) is 14.1. The molecule has 5 aromatic rings. The number of hydrogen-bond acceptors (Lipinski definition) is 27. The van der Waals surface area contributed by atoms with Crippen LogP contribution in [0.5, 0.6) is 0 Å². The molecule has 1 unspecified atom stereocenters. The topological polar surface area (TPSA) is 449 Å². The maximum absolute atomic E-state index is 14.5. The number of nitrogens with zero attached hydrogens (tertiary/aromatic N) is 5. The minimum absolute atomic E-state index is 0.0541. The average Bonchev–Trinajstić information content (AvgIpc) is 1.63. The Bertz CT molecular complexity index is 4480. The quantitative estimate of drug-likeness (QED) is 0.0104. The van der Waals surface area contributed by atoms with Gasteiger partial charge in [-0.3, -0.25) is 33.0 Å². The summed E-state index contributed by atoms with van der Waals surface area (Å²) in [6.45, 7) is 14.4. The first kappa shape index (κ1) is 94.7. The molecule has 642 valence electrons. The van der Waals surface area contributed by atoms with Gasteiger partial charge in [-0.25, -0.2) is 42.1 Å². The number of carbonyl (C=O) groups excluding carboxylic acids is 8. The second kappa shape index (κ2) is 49.1. The number of rotatable bonds is 55. The van der Waals surface area contributed by atoms with Crippen molar-refractivity contribution in [3.63, 3.8) is 0 Å². The number of cyclic esters (lactones) is 1. The fraction of sp³-hybridized carbons (Fsp3) is 0.562. The summed E-state index contributed by atoms with van der Waals surface area (Å²) >= 11 is 0. The van der Waals surface area contributed by atoms with E-state index in [0.717, 1.165) is 22.8 Å². The lowest BCUT2D eigenvalue weighted by Crippen LogP contribution is -2.47. The zero-order valence-electron chi connectivity index (χ0n) is 67.6. The summed E-state index contributed by atoms with van der Waals surface area (Å²) < 4.78 is 106. The van der Waals surface area contributed by atoms with E-state index in [0.29, 0.717) is 165 Å². The van der Waals surface area contributed by atoms with Crippen LogP contribution in [0.4, 0.5) is 15.3 Å². The molecule has 0 bridgehead atoms. The number of esters is 1. The number of aromatic nitrogens is 4. The number of benzene rings is 2. The number of ether oxygens (including phenoxy) is 12. The lowest BCUT2D eigenvalue weighted by atomic mass is 9.85. The number of para-hydroxylation sites is 1. The molecule has 37 heteroatoms. The van der Waals surface area contributed by atoms with E-state index in [-0.39, 0.29) is 106 Å². The number of hydrogen-bond donors (Lipinski definition) is 6. The Morgan fingerprint density at radius 1 is 0.709 bits per heavy atom. The third-order valence-corrected chi connectivity index (χ3v) is 21.0. The van der Waals surface area contributed by atoms with Crippen LogP contribution in [0.15, 0.2) is 76.9 Å². The predicted molar refractivity (Wildman–Crippen MR) is 431 cm³/mol. The Morgan fingerprint density at radius 2 is 1.29 bits per heavy atom. The van der Waals surface area contributed by atoms with Crippen molar-refractivity contribution in [1.82, 2.24) is 45.1 Å². The lowest BCUT2D eigenvalue weighted by molar-refractivity contribution is -0.175. The molecule has 0 radical (unpaired) electrons. The van der Waals surface area contributed by atoms with Crippen molar-refractivity contribution >= 4 is 89.6 Å². The Balaban J connectivity index is 0.706. The smallest absolute Gasteiger partial charge is 0.457 e. The van der Waals surface area contributed by atoms with Crippen molar-refractivity contribution in [3.8, 4) is 23.2 Å². The number of nitrogens with one attached hydrogen (secondary N) is 5. The first-order valence-corrected chi connectivity index (χ1v) is 42.9. The zero-order chi connectivity index (χ0) is 84.8. The number of primary amides is 1. The van der Waals surface area contributed by atoms with Crippen LogP contribution in [-0.4, -0.2) is 260 Å². The standard InChI is InChI=1S/C80H111N11O24S2/c1-9-80(66-47-69-72-64(50-90(69)75(97)65(66)53-113-76(80)98)61(62-17-13-14-18-67(62)88-72)25-29-91(56(4)5)116(6,7)101)115-79(100)114-51-57-21-23-59(24-22-57)87-74(96)68(19-15-26-84-77(81)99)89-73(95)63(55(2)3)46-60(92)52-112-54-71(94)83-28-31-105-33-35-107-37-39-109-41-43-111-45-44-110-42-40-108-38-36-106-34-32-104-30-27-82-70(93)20-12-10-11-16-58-48-85-78(86-49-58)117(8,102)103/h13-14,17-18,21-24,47-49,55-56,63,68H,6,9-10,12,15,19-20,25-46,50-54H2,1-5,7-8H3,(H,82,93)(H,83,94)(H,87,96)(H,89,95)(H3,81,84,99)/t63-,68-,80-,116?/m0/s1. The van der Waals surface area contributed by atoms with Crippen LogP contribution < -0.4 is 37.9 Å². The maximum Gasteiger partial charge on any atom is 0.510 e. The number of unbranched alkanes of at least 4 members (excludes halogenated alkanes) is 1. The number of carbonyl (C=O) groups is 8. The molecule has 7 rings (SSSR count). The number of anilines is 1. The zero-order valence-corrected chi connectivity index (χ0v) is 69.3.